The van der Waals surface area contributed by atoms with E-state index >= 15 is 0 Å². The minimum absolute atomic E-state index is 0.0422. The van der Waals surface area contributed by atoms with E-state index in [4.69, 9.17) is 9.47 Å². The number of unbranched alkanes of at least 4 members (excludes halogenated alkanes) is 4. The third-order valence-electron chi connectivity index (χ3n) is 8.33. The van der Waals surface area contributed by atoms with Crippen molar-refractivity contribution in [1.82, 2.24) is 5.32 Å². The van der Waals surface area contributed by atoms with Crippen LogP contribution < -0.4 is 20.1 Å². The fourth-order valence-electron chi connectivity index (χ4n) is 5.59. The summed E-state index contributed by atoms with van der Waals surface area (Å²) in [5.74, 6) is -0.588. The van der Waals surface area contributed by atoms with Gasteiger partial charge in [-0.15, -0.1) is 0 Å². The Balaban J connectivity index is 1.23. The average molecular weight is 665 g/mol. The number of carboxylic acids is 1. The second kappa shape index (κ2) is 20.3. The number of rotatable bonds is 21. The minimum Gasteiger partial charge on any atom is -0.494 e. The second-order valence-electron chi connectivity index (χ2n) is 12.2. The smallest absolute Gasteiger partial charge is 0.343 e. The molecule has 0 spiro atoms. The van der Waals surface area contributed by atoms with E-state index in [1.807, 2.05) is 48.5 Å². The highest BCUT2D eigenvalue weighted by Gasteiger charge is 2.21. The van der Waals surface area contributed by atoms with Crippen LogP contribution in [0.1, 0.15) is 73.4 Å². The van der Waals surface area contributed by atoms with Crippen LogP contribution >= 0.6 is 0 Å². The molecule has 0 aromatic heterocycles. The maximum absolute atomic E-state index is 13.1. The molecule has 2 unspecified atom stereocenters. The highest BCUT2D eigenvalue weighted by molar-refractivity contribution is 5.92. The van der Waals surface area contributed by atoms with Crippen molar-refractivity contribution in [3.63, 3.8) is 0 Å². The summed E-state index contributed by atoms with van der Waals surface area (Å²) in [6.45, 7) is 3.18. The molecule has 0 fully saturated rings. The van der Waals surface area contributed by atoms with Crippen molar-refractivity contribution in [2.24, 2.45) is 5.92 Å². The molecule has 0 aliphatic carbocycles. The average Bonchev–Trinajstić information content (AvgIpc) is 3.12. The van der Waals surface area contributed by atoms with Crippen LogP contribution in [0.2, 0.25) is 0 Å². The molecule has 0 bridgehead atoms. The van der Waals surface area contributed by atoms with Crippen molar-refractivity contribution in [1.29, 1.82) is 0 Å². The van der Waals surface area contributed by atoms with Crippen LogP contribution in [-0.2, 0) is 22.4 Å². The number of esters is 1. The van der Waals surface area contributed by atoms with E-state index < -0.39 is 18.0 Å². The summed E-state index contributed by atoms with van der Waals surface area (Å²) in [6.07, 6.45) is 8.38. The number of carbonyl (C=O) groups is 3. The van der Waals surface area contributed by atoms with Crippen molar-refractivity contribution < 1.29 is 29.0 Å². The fourth-order valence-corrected chi connectivity index (χ4v) is 5.59. The number of hydrogen-bond acceptors (Lipinski definition) is 6. The van der Waals surface area contributed by atoms with Gasteiger partial charge < -0.3 is 25.2 Å². The van der Waals surface area contributed by atoms with Gasteiger partial charge in [-0.2, -0.15) is 0 Å². The number of amides is 1. The third-order valence-corrected chi connectivity index (χ3v) is 8.33. The minimum atomic E-state index is -1.03. The Morgan fingerprint density at radius 3 is 2.08 bits per heavy atom. The molecular formula is C41H48N2O6. The number of carboxylic acid groups (broad SMARTS) is 1. The molecule has 8 nitrogen and oxygen atoms in total. The summed E-state index contributed by atoms with van der Waals surface area (Å²) in [5, 5.41) is 16.1. The standard InChI is InChI=1S/C41H48N2O6/c1-2-3-4-5-10-20-34(29-31-16-8-6-9-17-31)39(44)42-27-15-28-48-35-25-23-32(24-26-35)30-37(40(45)46)43-36-21-13-14-22-38(36)49-41(47)33-18-11-7-12-19-33/h6-9,11-14,16-19,21-26,34,37,43H,2-5,10,15,20,27-30H2,1H3,(H,42,44)(H,45,46). The summed E-state index contributed by atoms with van der Waals surface area (Å²) in [5.41, 5.74) is 2.79. The van der Waals surface area contributed by atoms with Gasteiger partial charge in [-0.25, -0.2) is 9.59 Å². The van der Waals surface area contributed by atoms with Crippen molar-refractivity contribution in [2.45, 2.75) is 70.8 Å². The monoisotopic (exact) mass is 664 g/mol. The largest absolute Gasteiger partial charge is 0.494 e. The summed E-state index contributed by atoms with van der Waals surface area (Å²) in [4.78, 5) is 37.9. The molecular weight excluding hydrogens is 616 g/mol. The van der Waals surface area contributed by atoms with Crippen molar-refractivity contribution in [2.75, 3.05) is 18.5 Å². The molecule has 0 aliphatic heterocycles. The summed E-state index contributed by atoms with van der Waals surface area (Å²) >= 11 is 0. The van der Waals surface area contributed by atoms with Crippen molar-refractivity contribution in [3.8, 4) is 11.5 Å². The number of aliphatic carboxylic acids is 1. The zero-order valence-corrected chi connectivity index (χ0v) is 28.3. The second-order valence-corrected chi connectivity index (χ2v) is 12.2. The zero-order valence-electron chi connectivity index (χ0n) is 28.3. The molecule has 8 heteroatoms. The van der Waals surface area contributed by atoms with Gasteiger partial charge in [0.2, 0.25) is 5.91 Å². The summed E-state index contributed by atoms with van der Waals surface area (Å²) in [7, 11) is 0. The van der Waals surface area contributed by atoms with Gasteiger partial charge in [-0.1, -0.05) is 112 Å². The van der Waals surface area contributed by atoms with Gasteiger partial charge in [0.1, 0.15) is 11.8 Å². The Morgan fingerprint density at radius 2 is 1.37 bits per heavy atom. The molecule has 49 heavy (non-hydrogen) atoms. The lowest BCUT2D eigenvalue weighted by molar-refractivity contribution is -0.137. The quantitative estimate of drug-likeness (QED) is 0.0468. The lowest BCUT2D eigenvalue weighted by Gasteiger charge is -2.18. The van der Waals surface area contributed by atoms with Crippen LogP contribution in [0.4, 0.5) is 5.69 Å². The molecule has 258 valence electrons. The highest BCUT2D eigenvalue weighted by Crippen LogP contribution is 2.27. The van der Waals surface area contributed by atoms with Gasteiger partial charge in [0.15, 0.2) is 5.75 Å². The molecule has 0 heterocycles. The predicted octanol–water partition coefficient (Wildman–Crippen LogP) is 8.12. The normalized spacial score (nSPS) is 12.0. The van der Waals surface area contributed by atoms with E-state index in [2.05, 4.69) is 29.7 Å². The first-order valence-electron chi connectivity index (χ1n) is 17.3. The van der Waals surface area contributed by atoms with Gasteiger partial charge in [0.05, 0.1) is 17.9 Å². The third kappa shape index (κ3) is 12.8. The molecule has 0 radical (unpaired) electrons. The van der Waals surface area contributed by atoms with Crippen molar-refractivity contribution >= 4 is 23.5 Å². The van der Waals surface area contributed by atoms with Gasteiger partial charge >= 0.3 is 11.9 Å². The fraction of sp³-hybridized carbons (Fsp3) is 0.341. The van der Waals surface area contributed by atoms with Crippen LogP contribution in [0.5, 0.6) is 11.5 Å². The van der Waals surface area contributed by atoms with E-state index in [1.165, 1.54) is 24.8 Å². The number of hydrogen-bond donors (Lipinski definition) is 3. The Bertz CT molecular complexity index is 1580. The first kappa shape index (κ1) is 36.7. The maximum Gasteiger partial charge on any atom is 0.343 e. The van der Waals surface area contributed by atoms with Gasteiger partial charge in [-0.3, -0.25) is 4.79 Å². The number of benzene rings is 4. The molecule has 3 N–H and O–H groups in total. The lowest BCUT2D eigenvalue weighted by Crippen LogP contribution is -2.33. The number of carbonyl (C=O) groups excluding carboxylic acids is 2. The van der Waals surface area contributed by atoms with E-state index in [-0.39, 0.29) is 24.0 Å². The van der Waals surface area contributed by atoms with E-state index in [1.54, 1.807) is 48.5 Å². The van der Waals surface area contributed by atoms with Gasteiger partial charge in [0, 0.05) is 18.9 Å². The Morgan fingerprint density at radius 1 is 0.714 bits per heavy atom. The lowest BCUT2D eigenvalue weighted by atomic mass is 9.92. The molecule has 4 rings (SSSR count). The van der Waals surface area contributed by atoms with E-state index in [0.717, 1.165) is 31.2 Å². The summed E-state index contributed by atoms with van der Waals surface area (Å²) in [6, 6.07) is 31.9. The number of nitrogens with one attached hydrogen (secondary N) is 2. The van der Waals surface area contributed by atoms with Crippen LogP contribution in [0.3, 0.4) is 0 Å². The molecule has 2 atom stereocenters. The maximum atomic E-state index is 13.1. The molecule has 0 aliphatic rings. The Kier molecular flexibility index (Phi) is 15.2. The van der Waals surface area contributed by atoms with Crippen LogP contribution in [0.25, 0.3) is 0 Å². The van der Waals surface area contributed by atoms with Crippen LogP contribution in [0, 0.1) is 5.92 Å². The molecule has 0 saturated carbocycles. The van der Waals surface area contributed by atoms with E-state index in [9.17, 15) is 19.5 Å². The first-order chi connectivity index (χ1) is 23.9. The van der Waals surface area contributed by atoms with Gasteiger partial charge in [-0.05, 0) is 66.8 Å². The van der Waals surface area contributed by atoms with Crippen LogP contribution in [0.15, 0.2) is 109 Å². The van der Waals surface area contributed by atoms with Crippen LogP contribution in [-0.4, -0.2) is 42.1 Å². The SMILES string of the molecule is CCCCCCCC(Cc1ccccc1)C(=O)NCCCOc1ccc(CC(Nc2ccccc2OC(=O)c2ccccc2)C(=O)O)cc1. The molecule has 4 aromatic carbocycles. The molecule has 4 aromatic rings. The highest BCUT2D eigenvalue weighted by atomic mass is 16.5. The van der Waals surface area contributed by atoms with E-state index in [0.29, 0.717) is 36.6 Å². The number of anilines is 1. The Labute approximate surface area is 289 Å². The molecule has 1 amide bonds. The predicted molar refractivity (Wildman–Crippen MR) is 193 cm³/mol. The first-order valence-corrected chi connectivity index (χ1v) is 17.3. The number of ether oxygens (including phenoxy) is 2. The Hall–Kier alpha value is -5.11. The molecule has 0 saturated heterocycles. The van der Waals surface area contributed by atoms with Crippen molar-refractivity contribution in [3.05, 3.63) is 126 Å². The number of para-hydroxylation sites is 2. The summed E-state index contributed by atoms with van der Waals surface area (Å²) < 4.78 is 11.5. The topological polar surface area (TPSA) is 114 Å². The zero-order chi connectivity index (χ0) is 34.7. The van der Waals surface area contributed by atoms with Gasteiger partial charge in [0.25, 0.3) is 0 Å².